The summed E-state index contributed by atoms with van der Waals surface area (Å²) in [5.74, 6) is 0.883. The van der Waals surface area contributed by atoms with E-state index in [-0.39, 0.29) is 16.7 Å². The smallest absolute Gasteiger partial charge is 0.254 e. The van der Waals surface area contributed by atoms with Crippen LogP contribution in [0.3, 0.4) is 0 Å². The molecule has 1 saturated heterocycles. The maximum Gasteiger partial charge on any atom is 0.254 e. The summed E-state index contributed by atoms with van der Waals surface area (Å²) in [6.07, 6.45) is 1.56. The standard InChI is InChI=1S/C21H26N2O4S/c1-16-5-3-4-6-20(16)21(24)23-13-11-17(12-14-23)15-22-28(25,26)19-9-7-18(27-2)8-10-19/h3-10,17,22H,11-15H2,1-2H3. The highest BCUT2D eigenvalue weighted by Gasteiger charge is 2.25. The van der Waals surface area contributed by atoms with Crippen LogP contribution in [0.5, 0.6) is 5.75 Å². The molecule has 1 amide bonds. The minimum absolute atomic E-state index is 0.0513. The van der Waals surface area contributed by atoms with Crippen molar-refractivity contribution in [2.45, 2.75) is 24.7 Å². The fourth-order valence-electron chi connectivity index (χ4n) is 3.39. The van der Waals surface area contributed by atoms with E-state index < -0.39 is 10.0 Å². The molecule has 1 fully saturated rings. The van der Waals surface area contributed by atoms with Crippen LogP contribution >= 0.6 is 0 Å². The number of nitrogens with zero attached hydrogens (tertiary/aromatic N) is 1. The zero-order valence-corrected chi connectivity index (χ0v) is 17.0. The van der Waals surface area contributed by atoms with E-state index in [9.17, 15) is 13.2 Å². The molecule has 0 spiro atoms. The highest BCUT2D eigenvalue weighted by molar-refractivity contribution is 7.89. The molecule has 0 aliphatic carbocycles. The maximum absolute atomic E-state index is 12.7. The number of ether oxygens (including phenoxy) is 1. The van der Waals surface area contributed by atoms with Gasteiger partial charge in [0.2, 0.25) is 10.0 Å². The lowest BCUT2D eigenvalue weighted by Gasteiger charge is -2.32. The first-order valence-electron chi connectivity index (χ1n) is 9.39. The second-order valence-electron chi connectivity index (χ2n) is 7.08. The lowest BCUT2D eigenvalue weighted by Crippen LogP contribution is -2.41. The number of methoxy groups -OCH3 is 1. The first-order chi connectivity index (χ1) is 13.4. The van der Waals surface area contributed by atoms with Crippen molar-refractivity contribution in [3.8, 4) is 5.75 Å². The van der Waals surface area contributed by atoms with E-state index in [4.69, 9.17) is 4.74 Å². The molecular formula is C21H26N2O4S. The van der Waals surface area contributed by atoms with E-state index in [0.717, 1.165) is 24.0 Å². The summed E-state index contributed by atoms with van der Waals surface area (Å²) in [7, 11) is -2.01. The molecule has 0 radical (unpaired) electrons. The number of hydrogen-bond acceptors (Lipinski definition) is 4. The summed E-state index contributed by atoms with van der Waals surface area (Å²) in [4.78, 5) is 14.8. The number of piperidine rings is 1. The minimum atomic E-state index is -3.55. The van der Waals surface area contributed by atoms with Gasteiger partial charge in [-0.15, -0.1) is 0 Å². The number of nitrogens with one attached hydrogen (secondary N) is 1. The number of benzene rings is 2. The predicted octanol–water partition coefficient (Wildman–Crippen LogP) is 2.83. The molecule has 0 bridgehead atoms. The summed E-state index contributed by atoms with van der Waals surface area (Å²) in [5, 5.41) is 0. The molecule has 2 aromatic rings. The quantitative estimate of drug-likeness (QED) is 0.806. The Bertz CT molecular complexity index is 918. The summed E-state index contributed by atoms with van der Waals surface area (Å²) in [6, 6.07) is 13.9. The molecule has 0 atom stereocenters. The van der Waals surface area contributed by atoms with Gasteiger partial charge in [-0.25, -0.2) is 13.1 Å². The van der Waals surface area contributed by atoms with Crippen LogP contribution in [0.2, 0.25) is 0 Å². The van der Waals surface area contributed by atoms with Crippen LogP contribution in [0.15, 0.2) is 53.4 Å². The number of carbonyl (C=O) groups excluding carboxylic acids is 1. The van der Waals surface area contributed by atoms with Crippen molar-refractivity contribution in [1.82, 2.24) is 9.62 Å². The zero-order chi connectivity index (χ0) is 20.1. The highest BCUT2D eigenvalue weighted by Crippen LogP contribution is 2.21. The highest BCUT2D eigenvalue weighted by atomic mass is 32.2. The number of sulfonamides is 1. The zero-order valence-electron chi connectivity index (χ0n) is 16.2. The number of likely N-dealkylation sites (tertiary alicyclic amines) is 1. The molecule has 7 heteroatoms. The van der Waals surface area contributed by atoms with Crippen LogP contribution in [-0.2, 0) is 10.0 Å². The molecule has 0 saturated carbocycles. The van der Waals surface area contributed by atoms with Crippen molar-refractivity contribution < 1.29 is 17.9 Å². The molecule has 28 heavy (non-hydrogen) atoms. The molecule has 1 N–H and O–H groups in total. The van der Waals surface area contributed by atoms with E-state index in [0.29, 0.717) is 25.4 Å². The van der Waals surface area contributed by atoms with E-state index >= 15 is 0 Å². The molecule has 2 aromatic carbocycles. The van der Waals surface area contributed by atoms with E-state index in [1.807, 2.05) is 36.1 Å². The Morgan fingerprint density at radius 2 is 1.75 bits per heavy atom. The monoisotopic (exact) mass is 402 g/mol. The van der Waals surface area contributed by atoms with Gasteiger partial charge in [0.25, 0.3) is 5.91 Å². The van der Waals surface area contributed by atoms with Crippen molar-refractivity contribution in [2.24, 2.45) is 5.92 Å². The molecule has 3 rings (SSSR count). The molecule has 1 aliphatic heterocycles. The molecular weight excluding hydrogens is 376 g/mol. The second kappa shape index (κ2) is 8.75. The van der Waals surface area contributed by atoms with Crippen molar-refractivity contribution in [3.63, 3.8) is 0 Å². The van der Waals surface area contributed by atoms with Crippen molar-refractivity contribution >= 4 is 15.9 Å². The molecule has 0 aromatic heterocycles. The Balaban J connectivity index is 1.52. The number of rotatable bonds is 6. The minimum Gasteiger partial charge on any atom is -0.497 e. The molecule has 1 aliphatic rings. The number of amides is 1. The average molecular weight is 403 g/mol. The van der Waals surface area contributed by atoms with Gasteiger partial charge in [-0.2, -0.15) is 0 Å². The van der Waals surface area contributed by atoms with Crippen molar-refractivity contribution in [1.29, 1.82) is 0 Å². The van der Waals surface area contributed by atoms with E-state index in [1.54, 1.807) is 12.1 Å². The Morgan fingerprint density at radius 3 is 2.36 bits per heavy atom. The van der Waals surface area contributed by atoms with Gasteiger partial charge in [0.1, 0.15) is 5.75 Å². The SMILES string of the molecule is COc1ccc(S(=O)(=O)NCC2CCN(C(=O)c3ccccc3C)CC2)cc1. The Hall–Kier alpha value is -2.38. The van der Waals surface area contributed by atoms with Crippen molar-refractivity contribution in [2.75, 3.05) is 26.7 Å². The van der Waals surface area contributed by atoms with Gasteiger partial charge in [-0.05, 0) is 61.6 Å². The first-order valence-corrected chi connectivity index (χ1v) is 10.9. The third-order valence-corrected chi connectivity index (χ3v) is 6.65. The lowest BCUT2D eigenvalue weighted by atomic mass is 9.96. The normalized spacial score (nSPS) is 15.4. The predicted molar refractivity (Wildman–Crippen MR) is 108 cm³/mol. The summed E-state index contributed by atoms with van der Waals surface area (Å²) >= 11 is 0. The van der Waals surface area contributed by atoms with Crippen LogP contribution in [0.1, 0.15) is 28.8 Å². The first kappa shape index (κ1) is 20.4. The van der Waals surface area contributed by atoms with E-state index in [2.05, 4.69) is 4.72 Å². The number of hydrogen-bond donors (Lipinski definition) is 1. The average Bonchev–Trinajstić information content (AvgIpc) is 2.72. The van der Waals surface area contributed by atoms with Gasteiger partial charge in [0.05, 0.1) is 12.0 Å². The van der Waals surface area contributed by atoms with Crippen LogP contribution in [0.25, 0.3) is 0 Å². The van der Waals surface area contributed by atoms with Gasteiger partial charge < -0.3 is 9.64 Å². The van der Waals surface area contributed by atoms with Crippen LogP contribution in [-0.4, -0.2) is 46.0 Å². The maximum atomic E-state index is 12.7. The number of carbonyl (C=O) groups is 1. The summed E-state index contributed by atoms with van der Waals surface area (Å²) in [5.41, 5.74) is 1.71. The molecule has 6 nitrogen and oxygen atoms in total. The Morgan fingerprint density at radius 1 is 1.11 bits per heavy atom. The second-order valence-corrected chi connectivity index (χ2v) is 8.84. The van der Waals surface area contributed by atoms with Crippen LogP contribution in [0, 0.1) is 12.8 Å². The lowest BCUT2D eigenvalue weighted by molar-refractivity contribution is 0.0691. The summed E-state index contributed by atoms with van der Waals surface area (Å²) in [6.45, 7) is 3.60. The largest absolute Gasteiger partial charge is 0.497 e. The summed E-state index contributed by atoms with van der Waals surface area (Å²) < 4.78 is 32.7. The van der Waals surface area contributed by atoms with Crippen molar-refractivity contribution in [3.05, 3.63) is 59.7 Å². The van der Waals surface area contributed by atoms with Gasteiger partial charge >= 0.3 is 0 Å². The topological polar surface area (TPSA) is 75.7 Å². The number of aryl methyl sites for hydroxylation is 1. The molecule has 0 unspecified atom stereocenters. The van der Waals surface area contributed by atoms with Gasteiger partial charge in [0.15, 0.2) is 0 Å². The molecule has 1 heterocycles. The third-order valence-electron chi connectivity index (χ3n) is 5.21. The Labute approximate surface area is 166 Å². The van der Waals surface area contributed by atoms with E-state index in [1.165, 1.54) is 19.2 Å². The van der Waals surface area contributed by atoms with Gasteiger partial charge in [-0.1, -0.05) is 18.2 Å². The fourth-order valence-corrected chi connectivity index (χ4v) is 4.51. The van der Waals surface area contributed by atoms with Crippen LogP contribution < -0.4 is 9.46 Å². The van der Waals surface area contributed by atoms with Gasteiger partial charge in [0, 0.05) is 25.2 Å². The fraction of sp³-hybridized carbons (Fsp3) is 0.381. The Kier molecular flexibility index (Phi) is 6.36. The van der Waals surface area contributed by atoms with Crippen LogP contribution in [0.4, 0.5) is 0 Å². The molecule has 150 valence electrons. The third kappa shape index (κ3) is 4.72. The van der Waals surface area contributed by atoms with Gasteiger partial charge in [-0.3, -0.25) is 4.79 Å².